The summed E-state index contributed by atoms with van der Waals surface area (Å²) in [5.41, 5.74) is 0.884. The lowest BCUT2D eigenvalue weighted by Crippen LogP contribution is -2.17. The summed E-state index contributed by atoms with van der Waals surface area (Å²) in [6, 6.07) is 1.90. The number of aliphatic hydroxyl groups excluding tert-OH is 1. The second kappa shape index (κ2) is 6.57. The Morgan fingerprint density at radius 2 is 2.14 bits per heavy atom. The van der Waals surface area contributed by atoms with Gasteiger partial charge in [0.2, 0.25) is 11.8 Å². The standard InChI is InChI=1S/C17H24N2O3/c1-12-14(17(20)13-7-4-3-5-8-13)11-16(22-12)19-10-6-9-15(18-19)21-2/h6,10-11,13,17,20H,3-5,7-9H2,1-2H3. The van der Waals surface area contributed by atoms with E-state index in [4.69, 9.17) is 9.15 Å². The molecule has 1 fully saturated rings. The summed E-state index contributed by atoms with van der Waals surface area (Å²) in [5, 5.41) is 16.7. The van der Waals surface area contributed by atoms with Gasteiger partial charge in [0.15, 0.2) is 0 Å². The van der Waals surface area contributed by atoms with Crippen LogP contribution in [0.3, 0.4) is 0 Å². The number of rotatable bonds is 3. The van der Waals surface area contributed by atoms with E-state index in [0.29, 0.717) is 24.1 Å². The highest BCUT2D eigenvalue weighted by Gasteiger charge is 2.27. The van der Waals surface area contributed by atoms with Gasteiger partial charge < -0.3 is 14.3 Å². The highest BCUT2D eigenvalue weighted by atomic mass is 16.5. The van der Waals surface area contributed by atoms with Crippen molar-refractivity contribution in [3.8, 4) is 0 Å². The van der Waals surface area contributed by atoms with Crippen LogP contribution in [0.15, 0.2) is 27.9 Å². The van der Waals surface area contributed by atoms with Gasteiger partial charge in [-0.25, -0.2) is 5.01 Å². The molecule has 3 rings (SSSR count). The van der Waals surface area contributed by atoms with Gasteiger partial charge in [0.1, 0.15) is 5.76 Å². The summed E-state index contributed by atoms with van der Waals surface area (Å²) in [4.78, 5) is 0. The molecule has 5 nitrogen and oxygen atoms in total. The van der Waals surface area contributed by atoms with E-state index in [0.717, 1.165) is 24.2 Å². The number of furan rings is 1. The molecule has 0 saturated heterocycles. The van der Waals surface area contributed by atoms with Crippen LogP contribution in [0.2, 0.25) is 0 Å². The fraction of sp³-hybridized carbons (Fsp3) is 0.588. The molecule has 0 radical (unpaired) electrons. The maximum atomic E-state index is 10.7. The Bertz CT molecular complexity index is 570. The van der Waals surface area contributed by atoms with Crippen LogP contribution in [0.4, 0.5) is 5.88 Å². The zero-order valence-electron chi connectivity index (χ0n) is 13.3. The summed E-state index contributed by atoms with van der Waals surface area (Å²) in [6.07, 6.45) is 9.96. The predicted octanol–water partition coefficient (Wildman–Crippen LogP) is 3.89. The Hall–Kier alpha value is -1.75. The van der Waals surface area contributed by atoms with E-state index in [9.17, 15) is 5.11 Å². The molecule has 1 aromatic rings. The van der Waals surface area contributed by atoms with Crippen molar-refractivity contribution in [1.29, 1.82) is 0 Å². The SMILES string of the molecule is COC1=NN(c2cc(C(O)C3CCCCC3)c(C)o2)C=CC1. The zero-order chi connectivity index (χ0) is 15.5. The molecule has 1 unspecified atom stereocenters. The van der Waals surface area contributed by atoms with Gasteiger partial charge in [-0.2, -0.15) is 0 Å². The molecule has 0 spiro atoms. The molecule has 5 heteroatoms. The number of ether oxygens (including phenoxy) is 1. The molecular formula is C17H24N2O3. The normalized spacial score (nSPS) is 20.9. The van der Waals surface area contributed by atoms with Crippen LogP contribution < -0.4 is 5.01 Å². The van der Waals surface area contributed by atoms with Gasteiger partial charge in [0.25, 0.3) is 0 Å². The fourth-order valence-electron chi connectivity index (χ4n) is 3.28. The molecule has 22 heavy (non-hydrogen) atoms. The Kier molecular flexibility index (Phi) is 4.52. The summed E-state index contributed by atoms with van der Waals surface area (Å²) in [7, 11) is 1.61. The minimum Gasteiger partial charge on any atom is -0.483 e. The largest absolute Gasteiger partial charge is 0.483 e. The van der Waals surface area contributed by atoms with Crippen LogP contribution in [0.25, 0.3) is 0 Å². The molecule has 1 N–H and O–H groups in total. The lowest BCUT2D eigenvalue weighted by molar-refractivity contribution is 0.0835. The molecule has 2 heterocycles. The van der Waals surface area contributed by atoms with Crippen molar-refractivity contribution in [1.82, 2.24) is 0 Å². The lowest BCUT2D eigenvalue weighted by Gasteiger charge is -2.26. The van der Waals surface area contributed by atoms with E-state index in [1.165, 1.54) is 19.3 Å². The second-order valence-electron chi connectivity index (χ2n) is 6.07. The first-order valence-electron chi connectivity index (χ1n) is 8.05. The van der Waals surface area contributed by atoms with Crippen molar-refractivity contribution in [2.24, 2.45) is 11.0 Å². The molecule has 1 aliphatic carbocycles. The van der Waals surface area contributed by atoms with E-state index in [1.807, 2.05) is 25.3 Å². The predicted molar refractivity (Wildman–Crippen MR) is 85.7 cm³/mol. The number of nitrogens with zero attached hydrogens (tertiary/aromatic N) is 2. The third-order valence-electron chi connectivity index (χ3n) is 4.58. The van der Waals surface area contributed by atoms with Crippen LogP contribution in [-0.2, 0) is 4.74 Å². The molecule has 0 amide bonds. The third kappa shape index (κ3) is 3.04. The lowest BCUT2D eigenvalue weighted by atomic mass is 9.83. The van der Waals surface area contributed by atoms with Crippen molar-refractivity contribution in [2.45, 2.75) is 51.6 Å². The van der Waals surface area contributed by atoms with E-state index >= 15 is 0 Å². The van der Waals surface area contributed by atoms with Crippen LogP contribution in [-0.4, -0.2) is 18.1 Å². The van der Waals surface area contributed by atoms with Crippen molar-refractivity contribution >= 4 is 11.8 Å². The smallest absolute Gasteiger partial charge is 0.220 e. The Morgan fingerprint density at radius 3 is 2.86 bits per heavy atom. The highest BCUT2D eigenvalue weighted by Crippen LogP contribution is 2.38. The number of hydrogen-bond acceptors (Lipinski definition) is 5. The molecule has 2 aliphatic rings. The first-order valence-corrected chi connectivity index (χ1v) is 8.05. The molecule has 120 valence electrons. The number of methoxy groups -OCH3 is 1. The molecule has 0 aromatic carbocycles. The van der Waals surface area contributed by atoms with Crippen molar-refractivity contribution in [2.75, 3.05) is 12.1 Å². The van der Waals surface area contributed by atoms with E-state index < -0.39 is 6.10 Å². The summed E-state index contributed by atoms with van der Waals surface area (Å²) in [6.45, 7) is 1.90. The number of aliphatic hydroxyl groups is 1. The third-order valence-corrected chi connectivity index (χ3v) is 4.58. The maximum Gasteiger partial charge on any atom is 0.220 e. The quantitative estimate of drug-likeness (QED) is 0.920. The Balaban J connectivity index is 1.79. The first-order chi connectivity index (χ1) is 10.7. The van der Waals surface area contributed by atoms with E-state index in [-0.39, 0.29) is 0 Å². The maximum absolute atomic E-state index is 10.7. The second-order valence-corrected chi connectivity index (χ2v) is 6.07. The average molecular weight is 304 g/mol. The van der Waals surface area contributed by atoms with Crippen molar-refractivity contribution in [3.63, 3.8) is 0 Å². The van der Waals surface area contributed by atoms with Crippen LogP contribution in [0.5, 0.6) is 0 Å². The van der Waals surface area contributed by atoms with Crippen molar-refractivity contribution in [3.05, 3.63) is 29.7 Å². The molecule has 1 saturated carbocycles. The number of anilines is 1. The van der Waals surface area contributed by atoms with Gasteiger partial charge in [0, 0.05) is 24.3 Å². The average Bonchev–Trinajstić information content (AvgIpc) is 2.97. The zero-order valence-corrected chi connectivity index (χ0v) is 13.3. The fourth-order valence-corrected chi connectivity index (χ4v) is 3.28. The van der Waals surface area contributed by atoms with Gasteiger partial charge >= 0.3 is 0 Å². The minimum atomic E-state index is -0.447. The molecule has 1 atom stereocenters. The number of hydrogen-bond donors (Lipinski definition) is 1. The van der Waals surface area contributed by atoms with E-state index in [1.54, 1.807) is 12.1 Å². The molecule has 0 bridgehead atoms. The van der Waals surface area contributed by atoms with Gasteiger partial charge in [-0.15, -0.1) is 5.10 Å². The minimum absolute atomic E-state index is 0.341. The van der Waals surface area contributed by atoms with Gasteiger partial charge in [-0.3, -0.25) is 0 Å². The summed E-state index contributed by atoms with van der Waals surface area (Å²) in [5.74, 6) is 2.37. The van der Waals surface area contributed by atoms with Crippen molar-refractivity contribution < 1.29 is 14.3 Å². The van der Waals surface area contributed by atoms with E-state index in [2.05, 4.69) is 5.10 Å². The van der Waals surface area contributed by atoms with Crippen LogP contribution in [0.1, 0.15) is 56.0 Å². The number of hydrazone groups is 1. The Morgan fingerprint density at radius 1 is 1.36 bits per heavy atom. The monoisotopic (exact) mass is 304 g/mol. The summed E-state index contributed by atoms with van der Waals surface area (Å²) < 4.78 is 11.0. The summed E-state index contributed by atoms with van der Waals surface area (Å²) >= 11 is 0. The highest BCUT2D eigenvalue weighted by molar-refractivity contribution is 5.80. The molecule has 1 aromatic heterocycles. The molecule has 1 aliphatic heterocycles. The van der Waals surface area contributed by atoms with Gasteiger partial charge in [0.05, 0.1) is 13.2 Å². The van der Waals surface area contributed by atoms with Gasteiger partial charge in [-0.05, 0) is 25.7 Å². The van der Waals surface area contributed by atoms with Crippen LogP contribution >= 0.6 is 0 Å². The topological polar surface area (TPSA) is 58.2 Å². The number of aryl methyl sites for hydroxylation is 1. The molecular weight excluding hydrogens is 280 g/mol. The van der Waals surface area contributed by atoms with Gasteiger partial charge in [-0.1, -0.05) is 25.3 Å². The first kappa shape index (κ1) is 15.2. The van der Waals surface area contributed by atoms with Crippen LogP contribution in [0, 0.1) is 12.8 Å². The Labute approximate surface area is 131 Å².